The van der Waals surface area contributed by atoms with E-state index in [0.29, 0.717) is 0 Å². The third kappa shape index (κ3) is 3.45. The molecule has 0 atom stereocenters. The van der Waals surface area contributed by atoms with Crippen LogP contribution in [0, 0.1) is 0 Å². The normalized spacial score (nSPS) is 9.38. The van der Waals surface area contributed by atoms with Gasteiger partial charge in [0.05, 0.1) is 12.6 Å². The molecule has 0 rings (SSSR count). The van der Waals surface area contributed by atoms with Crippen LogP contribution in [0.1, 0.15) is 6.42 Å². The first-order valence-corrected chi connectivity index (χ1v) is 2.17. The van der Waals surface area contributed by atoms with Crippen molar-refractivity contribution in [3.8, 4) is 0 Å². The summed E-state index contributed by atoms with van der Waals surface area (Å²) in [6.07, 6.45) is -0.531. The molecule has 46 valence electrons. The highest BCUT2D eigenvalue weighted by Crippen LogP contribution is 1.81. The minimum atomic E-state index is -0.604. The molecule has 0 aliphatic carbocycles. The van der Waals surface area contributed by atoms with Crippen molar-refractivity contribution in [3.05, 3.63) is 0 Å². The largest absolute Gasteiger partial charge is 0.316 e. The van der Waals surface area contributed by atoms with E-state index >= 15 is 0 Å². The summed E-state index contributed by atoms with van der Waals surface area (Å²) in [7, 11) is 0. The molecule has 4 N–H and O–H groups in total. The van der Waals surface area contributed by atoms with Gasteiger partial charge in [-0.1, -0.05) is 0 Å². The SMILES string of the molecule is C=NC(=O)CC(N)N. The van der Waals surface area contributed by atoms with Crippen LogP contribution in [-0.2, 0) is 4.79 Å². The average Bonchev–Trinajstić information content (AvgIpc) is 1.65. The Hall–Kier alpha value is -0.740. The number of rotatable bonds is 2. The predicted octanol–water partition coefficient (Wildman–Crippen LogP) is -1.15. The van der Waals surface area contributed by atoms with E-state index in [9.17, 15) is 4.79 Å². The van der Waals surface area contributed by atoms with E-state index in [2.05, 4.69) is 11.7 Å². The van der Waals surface area contributed by atoms with Crippen molar-refractivity contribution in [2.75, 3.05) is 0 Å². The second kappa shape index (κ2) is 3.29. The average molecular weight is 115 g/mol. The molecule has 0 radical (unpaired) electrons. The highest BCUT2D eigenvalue weighted by atomic mass is 16.1. The van der Waals surface area contributed by atoms with Crippen LogP contribution in [0.5, 0.6) is 0 Å². The molecule has 4 nitrogen and oxygen atoms in total. The first-order valence-electron chi connectivity index (χ1n) is 2.17. The van der Waals surface area contributed by atoms with Gasteiger partial charge in [0.2, 0.25) is 5.91 Å². The minimum absolute atomic E-state index is 0.0729. The summed E-state index contributed by atoms with van der Waals surface area (Å²) in [5, 5.41) is 0. The zero-order valence-electron chi connectivity index (χ0n) is 4.50. The molecular weight excluding hydrogens is 106 g/mol. The van der Waals surface area contributed by atoms with Gasteiger partial charge in [-0.15, -0.1) is 0 Å². The molecule has 0 bridgehead atoms. The van der Waals surface area contributed by atoms with Crippen molar-refractivity contribution >= 4 is 12.6 Å². The smallest absolute Gasteiger partial charge is 0.247 e. The van der Waals surface area contributed by atoms with E-state index in [4.69, 9.17) is 11.5 Å². The van der Waals surface area contributed by atoms with Crippen LogP contribution < -0.4 is 11.5 Å². The maximum Gasteiger partial charge on any atom is 0.247 e. The van der Waals surface area contributed by atoms with Crippen LogP contribution in [0.2, 0.25) is 0 Å². The van der Waals surface area contributed by atoms with Crippen LogP contribution in [0.3, 0.4) is 0 Å². The summed E-state index contributed by atoms with van der Waals surface area (Å²) in [6.45, 7) is 3.00. The Morgan fingerprint density at radius 2 is 2.25 bits per heavy atom. The monoisotopic (exact) mass is 115 g/mol. The summed E-state index contributed by atoms with van der Waals surface area (Å²) in [5.41, 5.74) is 10.1. The number of aliphatic imine (C=N–C) groups is 1. The van der Waals surface area contributed by atoms with E-state index in [1.54, 1.807) is 0 Å². The quantitative estimate of drug-likeness (QED) is 0.352. The first-order chi connectivity index (χ1) is 3.66. The van der Waals surface area contributed by atoms with Gasteiger partial charge in [-0.2, -0.15) is 0 Å². The summed E-state index contributed by atoms with van der Waals surface area (Å²) in [4.78, 5) is 13.3. The van der Waals surface area contributed by atoms with E-state index in [-0.39, 0.29) is 12.3 Å². The molecule has 1 amide bonds. The fraction of sp³-hybridized carbons (Fsp3) is 0.500. The van der Waals surface area contributed by atoms with Gasteiger partial charge in [0.25, 0.3) is 0 Å². The van der Waals surface area contributed by atoms with Gasteiger partial charge in [-0.3, -0.25) is 4.79 Å². The van der Waals surface area contributed by atoms with Gasteiger partial charge in [0, 0.05) is 0 Å². The molecule has 0 heterocycles. The Bertz CT molecular complexity index is 99.5. The van der Waals surface area contributed by atoms with Gasteiger partial charge in [-0.05, 0) is 6.72 Å². The molecule has 0 saturated carbocycles. The second-order valence-corrected chi connectivity index (χ2v) is 1.42. The lowest BCUT2D eigenvalue weighted by molar-refractivity contribution is -0.118. The molecule has 0 aliphatic heterocycles. The lowest BCUT2D eigenvalue weighted by atomic mass is 10.3. The van der Waals surface area contributed by atoms with Crippen LogP contribution in [0.4, 0.5) is 0 Å². The van der Waals surface area contributed by atoms with Gasteiger partial charge >= 0.3 is 0 Å². The molecule has 0 aromatic carbocycles. The third-order valence-corrected chi connectivity index (χ3v) is 0.587. The zero-order valence-corrected chi connectivity index (χ0v) is 4.50. The second-order valence-electron chi connectivity index (χ2n) is 1.42. The molecule has 0 spiro atoms. The lowest BCUT2D eigenvalue weighted by Gasteiger charge is -1.97. The predicted molar refractivity (Wildman–Crippen MR) is 31.3 cm³/mol. The van der Waals surface area contributed by atoms with E-state index < -0.39 is 6.17 Å². The number of hydrogen-bond acceptors (Lipinski definition) is 3. The van der Waals surface area contributed by atoms with Crippen molar-refractivity contribution in [2.45, 2.75) is 12.6 Å². The maximum absolute atomic E-state index is 10.2. The maximum atomic E-state index is 10.2. The van der Waals surface area contributed by atoms with Crippen molar-refractivity contribution in [3.63, 3.8) is 0 Å². The van der Waals surface area contributed by atoms with Crippen LogP contribution >= 0.6 is 0 Å². The number of nitrogens with zero attached hydrogens (tertiary/aromatic N) is 1. The van der Waals surface area contributed by atoms with Crippen molar-refractivity contribution < 1.29 is 4.79 Å². The Morgan fingerprint density at radius 1 is 1.75 bits per heavy atom. The molecule has 4 heteroatoms. The first kappa shape index (κ1) is 7.26. The molecule has 0 fully saturated rings. The topological polar surface area (TPSA) is 81.5 Å². The molecular formula is C4H9N3O. The van der Waals surface area contributed by atoms with Crippen molar-refractivity contribution in [2.24, 2.45) is 16.5 Å². The van der Waals surface area contributed by atoms with Gasteiger partial charge < -0.3 is 11.5 Å². The van der Waals surface area contributed by atoms with Crippen molar-refractivity contribution in [1.29, 1.82) is 0 Å². The number of carbonyl (C=O) groups excluding carboxylic acids is 1. The summed E-state index contributed by atoms with van der Waals surface area (Å²) >= 11 is 0. The highest BCUT2D eigenvalue weighted by molar-refractivity contribution is 5.80. The Labute approximate surface area is 47.6 Å². The summed E-state index contributed by atoms with van der Waals surface area (Å²) in [5.74, 6) is -0.361. The van der Waals surface area contributed by atoms with Crippen LogP contribution in [0.15, 0.2) is 4.99 Å². The number of carbonyl (C=O) groups is 1. The van der Waals surface area contributed by atoms with Crippen LogP contribution in [-0.4, -0.2) is 18.8 Å². The number of nitrogens with two attached hydrogens (primary N) is 2. The zero-order chi connectivity index (χ0) is 6.57. The third-order valence-electron chi connectivity index (χ3n) is 0.587. The molecule has 0 aromatic heterocycles. The Morgan fingerprint density at radius 3 is 2.38 bits per heavy atom. The van der Waals surface area contributed by atoms with Gasteiger partial charge in [-0.25, -0.2) is 4.99 Å². The molecule has 0 aliphatic rings. The molecule has 0 aromatic rings. The van der Waals surface area contributed by atoms with E-state index in [1.165, 1.54) is 0 Å². The Balaban J connectivity index is 3.39. The van der Waals surface area contributed by atoms with E-state index in [1.807, 2.05) is 0 Å². The lowest BCUT2D eigenvalue weighted by Crippen LogP contribution is -2.32. The van der Waals surface area contributed by atoms with Crippen molar-refractivity contribution in [1.82, 2.24) is 0 Å². The Kier molecular flexibility index (Phi) is 2.98. The van der Waals surface area contributed by atoms with E-state index in [0.717, 1.165) is 0 Å². The van der Waals surface area contributed by atoms with Crippen LogP contribution in [0.25, 0.3) is 0 Å². The highest BCUT2D eigenvalue weighted by Gasteiger charge is 1.99. The number of hydrogen-bond donors (Lipinski definition) is 2. The molecule has 0 saturated heterocycles. The fourth-order valence-corrected chi connectivity index (χ4v) is 0.266. The minimum Gasteiger partial charge on any atom is -0.316 e. The molecule has 0 unspecified atom stereocenters. The summed E-state index contributed by atoms with van der Waals surface area (Å²) < 4.78 is 0. The van der Waals surface area contributed by atoms with Gasteiger partial charge in [0.15, 0.2) is 0 Å². The fourth-order valence-electron chi connectivity index (χ4n) is 0.266. The number of amides is 1. The molecule has 8 heavy (non-hydrogen) atoms. The van der Waals surface area contributed by atoms with Gasteiger partial charge in [0.1, 0.15) is 0 Å². The summed E-state index contributed by atoms with van der Waals surface area (Å²) in [6, 6.07) is 0. The standard InChI is InChI=1S/C4H9N3O/c1-7-4(8)2-3(5)6/h3H,1-2,5-6H2.